The summed E-state index contributed by atoms with van der Waals surface area (Å²) < 4.78 is 33.9. The summed E-state index contributed by atoms with van der Waals surface area (Å²) in [5, 5.41) is 9.26. The molecule has 1 aromatic carbocycles. The summed E-state index contributed by atoms with van der Waals surface area (Å²) in [4.78, 5) is 26.6. The van der Waals surface area contributed by atoms with Crippen molar-refractivity contribution in [2.24, 2.45) is 0 Å². The van der Waals surface area contributed by atoms with Gasteiger partial charge in [-0.25, -0.2) is 13.6 Å². The zero-order valence-electron chi connectivity index (χ0n) is 14.3. The Kier molecular flexibility index (Phi) is 4.47. The molecule has 1 spiro atoms. The number of fused-ring (bicyclic) bond motifs is 2. The standard InChI is InChI=1S/C19H17F2NO4S/c20-12-2-1-3-13(21)16(12)17(23)22-7-5-19(6-8-22)11-10-15(18(24)25)27-14(11)4-9-26-19/h1-3,10H,4-9H2,(H,24,25). The molecule has 2 aliphatic rings. The van der Waals surface area contributed by atoms with E-state index in [1.54, 1.807) is 6.07 Å². The van der Waals surface area contributed by atoms with Crippen molar-refractivity contribution < 1.29 is 28.2 Å². The van der Waals surface area contributed by atoms with E-state index in [1.165, 1.54) is 22.3 Å². The first kappa shape index (κ1) is 18.1. The molecule has 4 rings (SSSR count). The first-order chi connectivity index (χ1) is 12.9. The van der Waals surface area contributed by atoms with Crippen molar-refractivity contribution in [2.45, 2.75) is 24.9 Å². The second kappa shape index (κ2) is 6.69. The summed E-state index contributed by atoms with van der Waals surface area (Å²) in [6.07, 6.45) is 1.58. The zero-order chi connectivity index (χ0) is 19.2. The molecule has 0 bridgehead atoms. The van der Waals surface area contributed by atoms with Gasteiger partial charge in [0.05, 0.1) is 12.2 Å². The van der Waals surface area contributed by atoms with Crippen LogP contribution in [0.5, 0.6) is 0 Å². The minimum absolute atomic E-state index is 0.275. The first-order valence-electron chi connectivity index (χ1n) is 8.65. The van der Waals surface area contributed by atoms with E-state index >= 15 is 0 Å². The molecule has 0 saturated carbocycles. The number of hydrogen-bond acceptors (Lipinski definition) is 4. The number of aromatic carboxylic acids is 1. The molecule has 1 saturated heterocycles. The van der Waals surface area contributed by atoms with Crippen LogP contribution in [0.25, 0.3) is 0 Å². The Bertz CT molecular complexity index is 898. The minimum atomic E-state index is -0.966. The van der Waals surface area contributed by atoms with Gasteiger partial charge in [-0.3, -0.25) is 4.79 Å². The smallest absolute Gasteiger partial charge is 0.345 e. The molecule has 1 aromatic heterocycles. The maximum absolute atomic E-state index is 13.9. The van der Waals surface area contributed by atoms with Gasteiger partial charge in [-0.15, -0.1) is 11.3 Å². The van der Waals surface area contributed by atoms with Crippen LogP contribution in [0.2, 0.25) is 0 Å². The van der Waals surface area contributed by atoms with E-state index in [4.69, 9.17) is 4.74 Å². The monoisotopic (exact) mass is 393 g/mol. The number of piperidine rings is 1. The highest BCUT2D eigenvalue weighted by Gasteiger charge is 2.43. The average Bonchev–Trinajstić information content (AvgIpc) is 3.08. The van der Waals surface area contributed by atoms with Crippen LogP contribution in [0, 0.1) is 11.6 Å². The maximum atomic E-state index is 13.9. The zero-order valence-corrected chi connectivity index (χ0v) is 15.2. The van der Waals surface area contributed by atoms with Gasteiger partial charge in [0.2, 0.25) is 0 Å². The van der Waals surface area contributed by atoms with Crippen molar-refractivity contribution in [3.8, 4) is 0 Å². The Hall–Kier alpha value is -2.32. The summed E-state index contributed by atoms with van der Waals surface area (Å²) in [6, 6.07) is 5.02. The third kappa shape index (κ3) is 3.02. The first-order valence-corrected chi connectivity index (χ1v) is 9.47. The Morgan fingerprint density at radius 1 is 1.19 bits per heavy atom. The second-order valence-electron chi connectivity index (χ2n) is 6.73. The number of hydrogen-bond donors (Lipinski definition) is 1. The van der Waals surface area contributed by atoms with Crippen molar-refractivity contribution in [2.75, 3.05) is 19.7 Å². The summed E-state index contributed by atoms with van der Waals surface area (Å²) in [5.41, 5.74) is -0.301. The normalized spacial score (nSPS) is 18.4. The van der Waals surface area contributed by atoms with Gasteiger partial charge in [-0.05, 0) is 36.6 Å². The number of thiophene rings is 1. The van der Waals surface area contributed by atoms with Gasteiger partial charge >= 0.3 is 5.97 Å². The van der Waals surface area contributed by atoms with Crippen LogP contribution in [-0.4, -0.2) is 41.6 Å². The number of carboxylic acid groups (broad SMARTS) is 1. The molecule has 2 aliphatic heterocycles. The van der Waals surface area contributed by atoms with Gasteiger partial charge in [0.25, 0.3) is 5.91 Å². The van der Waals surface area contributed by atoms with Gasteiger partial charge in [0.1, 0.15) is 22.1 Å². The van der Waals surface area contributed by atoms with E-state index in [1.807, 2.05) is 0 Å². The van der Waals surface area contributed by atoms with Gasteiger partial charge in [0, 0.05) is 24.4 Å². The lowest BCUT2D eigenvalue weighted by molar-refractivity contribution is -0.0927. The van der Waals surface area contributed by atoms with E-state index in [9.17, 15) is 23.5 Å². The molecule has 0 radical (unpaired) electrons. The van der Waals surface area contributed by atoms with Crippen LogP contribution in [-0.2, 0) is 16.8 Å². The number of halogens is 2. The Morgan fingerprint density at radius 3 is 2.48 bits per heavy atom. The number of likely N-dealkylation sites (tertiary alicyclic amines) is 1. The third-order valence-corrected chi connectivity index (χ3v) is 6.44. The third-order valence-electron chi connectivity index (χ3n) is 5.25. The number of nitrogens with zero attached hydrogens (tertiary/aromatic N) is 1. The highest BCUT2D eigenvalue weighted by molar-refractivity contribution is 7.14. The summed E-state index contributed by atoms with van der Waals surface area (Å²) in [5.74, 6) is -3.39. The molecule has 3 heterocycles. The predicted molar refractivity (Wildman–Crippen MR) is 94.1 cm³/mol. The maximum Gasteiger partial charge on any atom is 0.345 e. The summed E-state index contributed by atoms with van der Waals surface area (Å²) in [6.45, 7) is 1.05. The quantitative estimate of drug-likeness (QED) is 0.849. The summed E-state index contributed by atoms with van der Waals surface area (Å²) in [7, 11) is 0. The molecule has 8 heteroatoms. The largest absolute Gasteiger partial charge is 0.477 e. The number of carbonyl (C=O) groups is 2. The Labute approximate surface area is 158 Å². The number of ether oxygens (including phenoxy) is 1. The highest BCUT2D eigenvalue weighted by Crippen LogP contribution is 2.44. The lowest BCUT2D eigenvalue weighted by atomic mass is 9.82. The fraction of sp³-hybridized carbons (Fsp3) is 0.368. The van der Waals surface area contributed by atoms with Crippen LogP contribution in [0.4, 0.5) is 8.78 Å². The fourth-order valence-electron chi connectivity index (χ4n) is 3.87. The van der Waals surface area contributed by atoms with E-state index in [2.05, 4.69) is 0 Å². The molecular formula is C19H17F2NO4S. The molecule has 142 valence electrons. The Balaban J connectivity index is 1.56. The van der Waals surface area contributed by atoms with Crippen LogP contribution < -0.4 is 0 Å². The van der Waals surface area contributed by atoms with Crippen LogP contribution in [0.1, 0.15) is 43.3 Å². The SMILES string of the molecule is O=C(O)c1cc2c(s1)CCOC21CCN(C(=O)c2c(F)cccc2F)CC1. The molecule has 0 atom stereocenters. The number of carbonyl (C=O) groups excluding carboxylic acids is 1. The summed E-state index contributed by atoms with van der Waals surface area (Å²) >= 11 is 1.26. The van der Waals surface area contributed by atoms with E-state index < -0.39 is 34.7 Å². The van der Waals surface area contributed by atoms with Gasteiger partial charge in [0.15, 0.2) is 0 Å². The number of rotatable bonds is 2. The highest BCUT2D eigenvalue weighted by atomic mass is 32.1. The van der Waals surface area contributed by atoms with Crippen molar-refractivity contribution in [3.05, 3.63) is 56.8 Å². The number of amides is 1. The lowest BCUT2D eigenvalue weighted by Gasteiger charge is -2.44. The van der Waals surface area contributed by atoms with Gasteiger partial charge in [-0.1, -0.05) is 6.07 Å². The molecule has 1 N–H and O–H groups in total. The van der Waals surface area contributed by atoms with Crippen LogP contribution >= 0.6 is 11.3 Å². The number of benzene rings is 1. The molecule has 0 unspecified atom stereocenters. The molecule has 0 aliphatic carbocycles. The fourth-order valence-corrected chi connectivity index (χ4v) is 4.94. The van der Waals surface area contributed by atoms with E-state index in [0.29, 0.717) is 25.9 Å². The minimum Gasteiger partial charge on any atom is -0.477 e. The van der Waals surface area contributed by atoms with E-state index in [-0.39, 0.29) is 18.0 Å². The predicted octanol–water partition coefficient (Wildman–Crippen LogP) is 3.43. The molecule has 2 aromatic rings. The van der Waals surface area contributed by atoms with Crippen molar-refractivity contribution >= 4 is 23.2 Å². The Morgan fingerprint density at radius 2 is 1.85 bits per heavy atom. The van der Waals surface area contributed by atoms with E-state index in [0.717, 1.165) is 22.6 Å². The van der Waals surface area contributed by atoms with Gasteiger partial charge < -0.3 is 14.7 Å². The lowest BCUT2D eigenvalue weighted by Crippen LogP contribution is -2.48. The van der Waals surface area contributed by atoms with Gasteiger partial charge in [-0.2, -0.15) is 0 Å². The molecule has 1 fully saturated rings. The van der Waals surface area contributed by atoms with Crippen molar-refractivity contribution in [1.82, 2.24) is 4.90 Å². The molecule has 1 amide bonds. The second-order valence-corrected chi connectivity index (χ2v) is 7.87. The average molecular weight is 393 g/mol. The van der Waals surface area contributed by atoms with Crippen LogP contribution in [0.15, 0.2) is 24.3 Å². The molecule has 27 heavy (non-hydrogen) atoms. The molecular weight excluding hydrogens is 376 g/mol. The topological polar surface area (TPSA) is 66.8 Å². The molecule has 5 nitrogen and oxygen atoms in total. The van der Waals surface area contributed by atoms with Crippen molar-refractivity contribution in [3.63, 3.8) is 0 Å². The van der Waals surface area contributed by atoms with Crippen molar-refractivity contribution in [1.29, 1.82) is 0 Å². The number of carboxylic acids is 1. The van der Waals surface area contributed by atoms with Crippen LogP contribution in [0.3, 0.4) is 0 Å².